The lowest BCUT2D eigenvalue weighted by Crippen LogP contribution is -2.55. The van der Waals surface area contributed by atoms with Crippen molar-refractivity contribution in [3.05, 3.63) is 43.1 Å². The van der Waals surface area contributed by atoms with Crippen LogP contribution in [0.25, 0.3) is 11.1 Å². The number of carbonyl (C=O) groups excluding carboxylic acids is 1. The van der Waals surface area contributed by atoms with Crippen LogP contribution in [0.4, 0.5) is 11.5 Å². The predicted octanol–water partition coefficient (Wildman–Crippen LogP) is 2.20. The van der Waals surface area contributed by atoms with Gasteiger partial charge in [-0.2, -0.15) is 10.2 Å². The van der Waals surface area contributed by atoms with Gasteiger partial charge in [0, 0.05) is 57.8 Å². The van der Waals surface area contributed by atoms with Crippen LogP contribution in [0.15, 0.2) is 43.1 Å². The van der Waals surface area contributed by atoms with E-state index in [0.717, 1.165) is 35.7 Å². The van der Waals surface area contributed by atoms with Gasteiger partial charge in [-0.1, -0.05) is 0 Å². The molecular weight excluding hydrogens is 398 g/mol. The third-order valence-electron chi connectivity index (χ3n) is 5.13. The van der Waals surface area contributed by atoms with E-state index in [2.05, 4.69) is 25.4 Å². The summed E-state index contributed by atoms with van der Waals surface area (Å²) in [6.07, 6.45) is 9.12. The topological polar surface area (TPSA) is 99.3 Å². The highest BCUT2D eigenvalue weighted by Gasteiger charge is 2.35. The molecule has 1 aliphatic rings. The standard InChI is InChI=1S/C21H27N7O3/c1-4-30-21(14-31-15(2)29)27-12-19(13-27)28-10-17(8-24-28)16-5-6-22-20(7-16)25-18-9-23-26(3)11-18/h5-11,19,21H,4,12-14H2,1-3H3,(H,22,25). The van der Waals surface area contributed by atoms with E-state index in [0.29, 0.717) is 6.61 Å². The molecule has 4 heterocycles. The largest absolute Gasteiger partial charge is 0.462 e. The summed E-state index contributed by atoms with van der Waals surface area (Å²) in [6, 6.07) is 4.21. The van der Waals surface area contributed by atoms with Crippen LogP contribution in [0, 0.1) is 0 Å². The lowest BCUT2D eigenvalue weighted by molar-refractivity contribution is -0.160. The van der Waals surface area contributed by atoms with E-state index in [1.54, 1.807) is 17.1 Å². The molecule has 3 aromatic rings. The van der Waals surface area contributed by atoms with Crippen LogP contribution < -0.4 is 5.32 Å². The minimum atomic E-state index is -0.298. The molecule has 1 N–H and O–H groups in total. The summed E-state index contributed by atoms with van der Waals surface area (Å²) in [5, 5.41) is 12.0. The first-order chi connectivity index (χ1) is 15.0. The number of ether oxygens (including phenoxy) is 2. The number of esters is 1. The number of aromatic nitrogens is 5. The summed E-state index contributed by atoms with van der Waals surface area (Å²) >= 11 is 0. The SMILES string of the molecule is CCOC(COC(C)=O)N1CC(n2cc(-c3ccnc(Nc4cnn(C)c4)c3)cn2)C1. The van der Waals surface area contributed by atoms with Crippen molar-refractivity contribution in [3.63, 3.8) is 0 Å². The van der Waals surface area contributed by atoms with Crippen molar-refractivity contribution in [2.24, 2.45) is 7.05 Å². The summed E-state index contributed by atoms with van der Waals surface area (Å²) in [7, 11) is 1.87. The second-order valence-corrected chi connectivity index (χ2v) is 7.49. The zero-order chi connectivity index (χ0) is 21.8. The molecule has 4 rings (SSSR count). The number of anilines is 2. The van der Waals surface area contributed by atoms with Gasteiger partial charge in [0.05, 0.1) is 24.1 Å². The maximum Gasteiger partial charge on any atom is 0.302 e. The van der Waals surface area contributed by atoms with Gasteiger partial charge in [0.25, 0.3) is 0 Å². The van der Waals surface area contributed by atoms with E-state index in [-0.39, 0.29) is 24.8 Å². The Morgan fingerprint density at radius 1 is 1.26 bits per heavy atom. The average Bonchev–Trinajstić information content (AvgIpc) is 3.34. The molecule has 10 nitrogen and oxygen atoms in total. The molecule has 10 heteroatoms. The van der Waals surface area contributed by atoms with Crippen LogP contribution in [0.2, 0.25) is 0 Å². The molecule has 1 unspecified atom stereocenters. The van der Waals surface area contributed by atoms with Crippen molar-refractivity contribution < 1.29 is 14.3 Å². The van der Waals surface area contributed by atoms with Crippen molar-refractivity contribution in [2.45, 2.75) is 26.1 Å². The second kappa shape index (κ2) is 9.27. The molecule has 0 aromatic carbocycles. The van der Waals surface area contributed by atoms with Gasteiger partial charge in [0.15, 0.2) is 0 Å². The molecule has 3 aromatic heterocycles. The highest BCUT2D eigenvalue weighted by molar-refractivity contribution is 5.67. The molecule has 1 atom stereocenters. The van der Waals surface area contributed by atoms with E-state index >= 15 is 0 Å². The van der Waals surface area contributed by atoms with E-state index in [1.807, 2.05) is 49.4 Å². The molecule has 0 radical (unpaired) electrons. The Morgan fingerprint density at radius 2 is 2.10 bits per heavy atom. The van der Waals surface area contributed by atoms with Gasteiger partial charge in [-0.15, -0.1) is 0 Å². The summed E-state index contributed by atoms with van der Waals surface area (Å²) in [4.78, 5) is 17.6. The Hall–Kier alpha value is -3.24. The van der Waals surface area contributed by atoms with Crippen LogP contribution in [-0.2, 0) is 21.3 Å². The lowest BCUT2D eigenvalue weighted by Gasteiger charge is -2.43. The van der Waals surface area contributed by atoms with Gasteiger partial charge in [0.2, 0.25) is 0 Å². The summed E-state index contributed by atoms with van der Waals surface area (Å²) in [5.74, 6) is 0.450. The normalized spacial score (nSPS) is 15.5. The van der Waals surface area contributed by atoms with E-state index in [9.17, 15) is 4.79 Å². The number of carbonyl (C=O) groups is 1. The molecule has 0 bridgehead atoms. The smallest absolute Gasteiger partial charge is 0.302 e. The third-order valence-corrected chi connectivity index (χ3v) is 5.13. The molecule has 1 fully saturated rings. The first-order valence-electron chi connectivity index (χ1n) is 10.3. The number of rotatable bonds is 9. The Labute approximate surface area is 180 Å². The first-order valence-corrected chi connectivity index (χ1v) is 10.3. The van der Waals surface area contributed by atoms with Gasteiger partial charge < -0.3 is 14.8 Å². The van der Waals surface area contributed by atoms with E-state index < -0.39 is 0 Å². The van der Waals surface area contributed by atoms with Crippen LogP contribution in [0.5, 0.6) is 0 Å². The molecule has 0 spiro atoms. The molecule has 1 saturated heterocycles. The fraction of sp³-hybridized carbons (Fsp3) is 0.429. The van der Waals surface area contributed by atoms with Gasteiger partial charge >= 0.3 is 5.97 Å². The Bertz CT molecular complexity index is 1030. The number of hydrogen-bond donors (Lipinski definition) is 1. The number of hydrogen-bond acceptors (Lipinski definition) is 8. The summed E-state index contributed by atoms with van der Waals surface area (Å²) in [6.45, 7) is 5.72. The zero-order valence-corrected chi connectivity index (χ0v) is 17.9. The quantitative estimate of drug-likeness (QED) is 0.521. The van der Waals surface area contributed by atoms with Crippen molar-refractivity contribution >= 4 is 17.5 Å². The maximum atomic E-state index is 11.1. The van der Waals surface area contributed by atoms with Crippen LogP contribution >= 0.6 is 0 Å². The summed E-state index contributed by atoms with van der Waals surface area (Å²) in [5.41, 5.74) is 2.94. The minimum absolute atomic E-state index is 0.221. The van der Waals surface area contributed by atoms with Gasteiger partial charge in [-0.25, -0.2) is 4.98 Å². The number of nitrogens with zero attached hydrogens (tertiary/aromatic N) is 6. The molecule has 164 valence electrons. The Kier molecular flexibility index (Phi) is 6.28. The molecule has 1 aliphatic heterocycles. The summed E-state index contributed by atoms with van der Waals surface area (Å²) < 4.78 is 14.6. The number of pyridine rings is 1. The lowest BCUT2D eigenvalue weighted by atomic mass is 10.1. The van der Waals surface area contributed by atoms with Gasteiger partial charge in [-0.05, 0) is 24.6 Å². The highest BCUT2D eigenvalue weighted by Crippen LogP contribution is 2.27. The predicted molar refractivity (Wildman–Crippen MR) is 115 cm³/mol. The van der Waals surface area contributed by atoms with Crippen molar-refractivity contribution in [3.8, 4) is 11.1 Å². The molecule has 31 heavy (non-hydrogen) atoms. The van der Waals surface area contributed by atoms with Crippen LogP contribution in [-0.4, -0.2) is 67.9 Å². The van der Waals surface area contributed by atoms with Crippen molar-refractivity contribution in [2.75, 3.05) is 31.6 Å². The average molecular weight is 425 g/mol. The Balaban J connectivity index is 1.38. The van der Waals surface area contributed by atoms with Crippen molar-refractivity contribution in [1.29, 1.82) is 0 Å². The molecule has 0 amide bonds. The fourth-order valence-corrected chi connectivity index (χ4v) is 3.53. The van der Waals surface area contributed by atoms with E-state index in [1.165, 1.54) is 6.92 Å². The number of aryl methyl sites for hydroxylation is 1. The second-order valence-electron chi connectivity index (χ2n) is 7.49. The third kappa shape index (κ3) is 5.09. The van der Waals surface area contributed by atoms with Crippen LogP contribution in [0.1, 0.15) is 19.9 Å². The minimum Gasteiger partial charge on any atom is -0.462 e. The Morgan fingerprint density at radius 3 is 2.81 bits per heavy atom. The monoisotopic (exact) mass is 425 g/mol. The van der Waals surface area contributed by atoms with E-state index in [4.69, 9.17) is 9.47 Å². The van der Waals surface area contributed by atoms with Crippen molar-refractivity contribution in [1.82, 2.24) is 29.4 Å². The first kappa shape index (κ1) is 21.0. The number of nitrogens with one attached hydrogen (secondary N) is 1. The van der Waals surface area contributed by atoms with Gasteiger partial charge in [0.1, 0.15) is 18.7 Å². The molecule has 0 aliphatic carbocycles. The van der Waals surface area contributed by atoms with Crippen LogP contribution in [0.3, 0.4) is 0 Å². The van der Waals surface area contributed by atoms with Gasteiger partial charge in [-0.3, -0.25) is 19.1 Å². The molecule has 0 saturated carbocycles. The zero-order valence-electron chi connectivity index (χ0n) is 17.9. The fourth-order valence-electron chi connectivity index (χ4n) is 3.53. The highest BCUT2D eigenvalue weighted by atomic mass is 16.6. The molecular formula is C21H27N7O3. The number of likely N-dealkylation sites (tertiary alicyclic amines) is 1. The maximum absolute atomic E-state index is 11.1.